The molecular weight excluding hydrogens is 277 g/mol. The highest BCUT2D eigenvalue weighted by Gasteiger charge is 2.48. The number of para-hydroxylation sites is 1. The molecule has 0 amide bonds. The molecule has 0 saturated carbocycles. The largest absolute Gasteiger partial charge is 0.586 e. The average molecular weight is 285 g/mol. The molecule has 1 aliphatic heterocycles. The lowest BCUT2D eigenvalue weighted by Crippen LogP contribution is -2.39. The third kappa shape index (κ3) is 2.56. The van der Waals surface area contributed by atoms with Gasteiger partial charge in [-0.1, -0.05) is 12.1 Å². The lowest BCUT2D eigenvalue weighted by atomic mass is 10.0. The zero-order valence-corrected chi connectivity index (χ0v) is 9.12. The quantitative estimate of drug-likeness (QED) is 0.815. The van der Waals surface area contributed by atoms with Gasteiger partial charge in [-0.05, 0) is 6.07 Å². The Morgan fingerprint density at radius 1 is 1.21 bits per heavy atom. The number of aliphatic hydroxyl groups excluding tert-OH is 1. The normalized spacial score (nSPS) is 20.2. The highest BCUT2D eigenvalue weighted by Crippen LogP contribution is 2.46. The van der Waals surface area contributed by atoms with Crippen molar-refractivity contribution >= 4 is 0 Å². The molecule has 0 radical (unpaired) electrons. The first-order chi connectivity index (χ1) is 8.62. The summed E-state index contributed by atoms with van der Waals surface area (Å²) in [5.41, 5.74) is 4.82. The Kier molecular flexibility index (Phi) is 3.06. The van der Waals surface area contributed by atoms with E-state index in [2.05, 4.69) is 9.47 Å². The van der Waals surface area contributed by atoms with E-state index in [9.17, 15) is 22.0 Å². The van der Waals surface area contributed by atoms with Crippen LogP contribution in [0.1, 0.15) is 11.6 Å². The summed E-state index contributed by atoms with van der Waals surface area (Å²) in [4.78, 5) is 0. The standard InChI is InChI=1S/C10H8F5NO3/c11-9(12,13)8(17)6(16)4-2-1-3-5-7(4)19-10(14,15)18-5/h1-3,6,8,17H,16H2/t6-,8-/m0/s1. The molecule has 106 valence electrons. The van der Waals surface area contributed by atoms with Gasteiger partial charge in [0.05, 0.1) is 6.04 Å². The smallest absolute Gasteiger partial charge is 0.395 e. The van der Waals surface area contributed by atoms with Gasteiger partial charge in [0.2, 0.25) is 0 Å². The Hall–Kier alpha value is -1.61. The first-order valence-electron chi connectivity index (χ1n) is 5.01. The van der Waals surface area contributed by atoms with Crippen molar-refractivity contribution in [2.75, 3.05) is 0 Å². The van der Waals surface area contributed by atoms with E-state index in [-0.39, 0.29) is 0 Å². The Morgan fingerprint density at radius 2 is 1.84 bits per heavy atom. The summed E-state index contributed by atoms with van der Waals surface area (Å²) < 4.78 is 70.9. The molecule has 1 aromatic carbocycles. The molecule has 2 rings (SSSR count). The molecule has 0 unspecified atom stereocenters. The van der Waals surface area contributed by atoms with E-state index < -0.39 is 41.7 Å². The molecule has 9 heteroatoms. The van der Waals surface area contributed by atoms with Gasteiger partial charge < -0.3 is 20.3 Å². The fraction of sp³-hybridized carbons (Fsp3) is 0.400. The van der Waals surface area contributed by atoms with Gasteiger partial charge in [0, 0.05) is 5.56 Å². The van der Waals surface area contributed by atoms with Crippen molar-refractivity contribution < 1.29 is 36.5 Å². The molecule has 0 aromatic heterocycles. The zero-order chi connectivity index (χ0) is 14.4. The van der Waals surface area contributed by atoms with Gasteiger partial charge in [0.15, 0.2) is 17.6 Å². The molecule has 0 bridgehead atoms. The SMILES string of the molecule is N[C@@H](c1cccc2c1OC(F)(F)O2)[C@H](O)C(F)(F)F. The van der Waals surface area contributed by atoms with Crippen LogP contribution in [0, 0.1) is 0 Å². The van der Waals surface area contributed by atoms with Gasteiger partial charge in [0.1, 0.15) is 0 Å². The van der Waals surface area contributed by atoms with E-state index in [1.807, 2.05) is 0 Å². The van der Waals surface area contributed by atoms with E-state index in [4.69, 9.17) is 10.8 Å². The predicted molar refractivity (Wildman–Crippen MR) is 51.6 cm³/mol. The number of hydrogen-bond acceptors (Lipinski definition) is 4. The summed E-state index contributed by atoms with van der Waals surface area (Å²) in [5.74, 6) is -1.05. The first-order valence-corrected chi connectivity index (χ1v) is 5.01. The number of halogens is 5. The van der Waals surface area contributed by atoms with E-state index >= 15 is 0 Å². The van der Waals surface area contributed by atoms with E-state index in [1.165, 1.54) is 6.07 Å². The fourth-order valence-electron chi connectivity index (χ4n) is 1.63. The molecule has 2 atom stereocenters. The minimum atomic E-state index is -4.98. The van der Waals surface area contributed by atoms with Crippen LogP contribution < -0.4 is 15.2 Å². The maximum atomic E-state index is 12.8. The van der Waals surface area contributed by atoms with Crippen molar-refractivity contribution in [2.45, 2.75) is 24.6 Å². The minimum Gasteiger partial charge on any atom is -0.395 e. The van der Waals surface area contributed by atoms with Crippen LogP contribution in [0.25, 0.3) is 0 Å². The number of nitrogens with two attached hydrogens (primary N) is 1. The van der Waals surface area contributed by atoms with Gasteiger partial charge in [0.25, 0.3) is 0 Å². The van der Waals surface area contributed by atoms with Gasteiger partial charge in [-0.2, -0.15) is 13.2 Å². The lowest BCUT2D eigenvalue weighted by molar-refractivity contribution is -0.287. The summed E-state index contributed by atoms with van der Waals surface area (Å²) >= 11 is 0. The maximum Gasteiger partial charge on any atom is 0.586 e. The second kappa shape index (κ2) is 4.20. The third-order valence-electron chi connectivity index (χ3n) is 2.49. The molecule has 1 aliphatic rings. The molecule has 1 heterocycles. The Morgan fingerprint density at radius 3 is 2.42 bits per heavy atom. The van der Waals surface area contributed by atoms with E-state index in [1.54, 1.807) is 0 Å². The van der Waals surface area contributed by atoms with Gasteiger partial charge in [-0.15, -0.1) is 8.78 Å². The molecule has 0 spiro atoms. The molecule has 19 heavy (non-hydrogen) atoms. The second-order valence-corrected chi connectivity index (χ2v) is 3.85. The third-order valence-corrected chi connectivity index (χ3v) is 2.49. The predicted octanol–water partition coefficient (Wildman–Crippen LogP) is 1.93. The summed E-state index contributed by atoms with van der Waals surface area (Å²) in [5, 5.41) is 9.04. The second-order valence-electron chi connectivity index (χ2n) is 3.85. The number of alkyl halides is 5. The average Bonchev–Trinajstić information content (AvgIpc) is 2.59. The molecule has 0 aliphatic carbocycles. The van der Waals surface area contributed by atoms with Crippen LogP contribution in [0.4, 0.5) is 22.0 Å². The Bertz CT molecular complexity index is 491. The maximum absolute atomic E-state index is 12.8. The van der Waals surface area contributed by atoms with Gasteiger partial charge in [-0.25, -0.2) is 0 Å². The summed E-state index contributed by atoms with van der Waals surface area (Å²) in [7, 11) is 0. The fourth-order valence-corrected chi connectivity index (χ4v) is 1.63. The number of benzene rings is 1. The van der Waals surface area contributed by atoms with Gasteiger partial charge in [-0.3, -0.25) is 0 Å². The molecule has 0 fully saturated rings. The number of aliphatic hydroxyl groups is 1. The van der Waals surface area contributed by atoms with Crippen LogP contribution in [0.3, 0.4) is 0 Å². The van der Waals surface area contributed by atoms with Crippen LogP contribution in [0.15, 0.2) is 18.2 Å². The highest BCUT2D eigenvalue weighted by molar-refractivity contribution is 5.50. The first kappa shape index (κ1) is 13.8. The number of hydrogen-bond donors (Lipinski definition) is 2. The highest BCUT2D eigenvalue weighted by atomic mass is 19.4. The summed E-state index contributed by atoms with van der Waals surface area (Å²) in [6, 6.07) is 1.34. The number of rotatable bonds is 2. The Balaban J connectivity index is 2.36. The molecule has 4 nitrogen and oxygen atoms in total. The van der Waals surface area contributed by atoms with Crippen LogP contribution in [-0.2, 0) is 0 Å². The topological polar surface area (TPSA) is 64.7 Å². The van der Waals surface area contributed by atoms with Crippen molar-refractivity contribution in [3.8, 4) is 11.5 Å². The van der Waals surface area contributed by atoms with Crippen molar-refractivity contribution in [1.82, 2.24) is 0 Å². The molecule has 0 saturated heterocycles. The Labute approximate surface area is 103 Å². The lowest BCUT2D eigenvalue weighted by Gasteiger charge is -2.22. The molecular formula is C10H8F5NO3. The zero-order valence-electron chi connectivity index (χ0n) is 9.12. The van der Waals surface area contributed by atoms with Gasteiger partial charge >= 0.3 is 12.5 Å². The summed E-state index contributed by atoms with van der Waals surface area (Å²) in [6.07, 6.45) is -11.9. The van der Waals surface area contributed by atoms with Crippen molar-refractivity contribution in [3.05, 3.63) is 23.8 Å². The number of ether oxygens (including phenoxy) is 2. The van der Waals surface area contributed by atoms with Crippen molar-refractivity contribution in [2.24, 2.45) is 5.73 Å². The van der Waals surface area contributed by atoms with Crippen LogP contribution >= 0.6 is 0 Å². The van der Waals surface area contributed by atoms with E-state index in [0.717, 1.165) is 12.1 Å². The minimum absolute atomic E-state index is 0.417. The molecule has 3 N–H and O–H groups in total. The van der Waals surface area contributed by atoms with Crippen LogP contribution in [0.2, 0.25) is 0 Å². The van der Waals surface area contributed by atoms with Crippen molar-refractivity contribution in [3.63, 3.8) is 0 Å². The monoisotopic (exact) mass is 285 g/mol. The molecule has 1 aromatic rings. The summed E-state index contributed by atoms with van der Waals surface area (Å²) in [6.45, 7) is 0. The van der Waals surface area contributed by atoms with Crippen LogP contribution in [0.5, 0.6) is 11.5 Å². The van der Waals surface area contributed by atoms with Crippen LogP contribution in [-0.4, -0.2) is 23.7 Å². The van der Waals surface area contributed by atoms with E-state index in [0.29, 0.717) is 0 Å². The van der Waals surface area contributed by atoms with Crippen molar-refractivity contribution in [1.29, 1.82) is 0 Å². The number of fused-ring (bicyclic) bond motifs is 1.